The van der Waals surface area contributed by atoms with E-state index in [-0.39, 0.29) is 23.7 Å². The van der Waals surface area contributed by atoms with Crippen LogP contribution in [-0.2, 0) is 0 Å². The molecule has 0 unspecified atom stereocenters. The van der Waals surface area contributed by atoms with E-state index < -0.39 is 17.8 Å². The Bertz CT molecular complexity index is 1020. The molecule has 0 radical (unpaired) electrons. The van der Waals surface area contributed by atoms with E-state index in [0.717, 1.165) is 5.56 Å². The Kier molecular flexibility index (Phi) is 5.97. The van der Waals surface area contributed by atoms with E-state index in [2.05, 4.69) is 25.8 Å². The van der Waals surface area contributed by atoms with Crippen LogP contribution in [0.25, 0.3) is 16.9 Å². The van der Waals surface area contributed by atoms with Crippen molar-refractivity contribution in [1.29, 1.82) is 0 Å². The maximum absolute atomic E-state index is 15.3. The molecular formula is C20H23FN6O2. The molecule has 3 aromatic rings. The van der Waals surface area contributed by atoms with Gasteiger partial charge in [-0.15, -0.1) is 5.10 Å². The lowest BCUT2D eigenvalue weighted by molar-refractivity contribution is 0.0918. The number of tetrazole rings is 1. The summed E-state index contributed by atoms with van der Waals surface area (Å²) in [6.45, 7) is 7.12. The zero-order valence-electron chi connectivity index (χ0n) is 16.7. The third-order valence-electron chi connectivity index (χ3n) is 4.40. The molecule has 2 heterocycles. The molecule has 0 spiro atoms. The predicted molar refractivity (Wildman–Crippen MR) is 105 cm³/mol. The van der Waals surface area contributed by atoms with Crippen molar-refractivity contribution in [2.45, 2.75) is 39.7 Å². The van der Waals surface area contributed by atoms with E-state index in [1.54, 1.807) is 25.3 Å². The minimum absolute atomic E-state index is 0.0164. The molecule has 0 aliphatic carbocycles. The highest BCUT2D eigenvalue weighted by Crippen LogP contribution is 2.28. The zero-order chi connectivity index (χ0) is 21.1. The highest BCUT2D eigenvalue weighted by atomic mass is 19.1. The topological polar surface area (TPSA) is 106 Å². The minimum Gasteiger partial charge on any atom is -0.394 e. The number of nitrogens with one attached hydrogen (secondary N) is 1. The number of rotatable bonds is 6. The number of carbonyl (C=O) groups excluding carboxylic acids is 1. The Balaban J connectivity index is 2.20. The van der Waals surface area contributed by atoms with Gasteiger partial charge in [0.15, 0.2) is 5.82 Å². The quantitative estimate of drug-likeness (QED) is 0.661. The van der Waals surface area contributed by atoms with E-state index in [9.17, 15) is 9.90 Å². The molecule has 2 aromatic heterocycles. The number of pyridine rings is 1. The van der Waals surface area contributed by atoms with Gasteiger partial charge in [-0.3, -0.25) is 9.78 Å². The summed E-state index contributed by atoms with van der Waals surface area (Å²) in [6, 6.07) is 5.96. The highest BCUT2D eigenvalue weighted by molar-refractivity contribution is 5.96. The molecule has 0 aliphatic heterocycles. The molecule has 9 heteroatoms. The number of benzene rings is 1. The van der Waals surface area contributed by atoms with Gasteiger partial charge in [0.1, 0.15) is 5.82 Å². The van der Waals surface area contributed by atoms with Crippen molar-refractivity contribution >= 4 is 5.91 Å². The van der Waals surface area contributed by atoms with E-state index in [1.807, 2.05) is 26.8 Å². The van der Waals surface area contributed by atoms with Gasteiger partial charge in [-0.2, -0.15) is 4.68 Å². The molecule has 0 saturated carbocycles. The number of aryl methyl sites for hydroxylation is 1. The van der Waals surface area contributed by atoms with E-state index in [4.69, 9.17) is 0 Å². The van der Waals surface area contributed by atoms with Gasteiger partial charge in [-0.05, 0) is 48.0 Å². The summed E-state index contributed by atoms with van der Waals surface area (Å²) in [5, 5.41) is 23.5. The normalized spacial score (nSPS) is 12.2. The standard InChI is InChI=1S/C20H23FN6O2/c1-11(2)19-24-25-26-27(19)14-7-15(17-6-5-12(3)9-22-17)18(21)16(8-14)20(29)23-13(4)10-28/h5-9,11,13,28H,10H2,1-4H3,(H,23,29)/t13-/m0/s1. The van der Waals surface area contributed by atoms with E-state index in [0.29, 0.717) is 17.2 Å². The Hall–Kier alpha value is -3.20. The van der Waals surface area contributed by atoms with Crippen LogP contribution in [0.5, 0.6) is 0 Å². The first kappa shape index (κ1) is 20.5. The summed E-state index contributed by atoms with van der Waals surface area (Å²) in [6.07, 6.45) is 1.63. The lowest BCUT2D eigenvalue weighted by Gasteiger charge is -2.15. The number of aliphatic hydroxyl groups is 1. The Morgan fingerprint density at radius 3 is 2.66 bits per heavy atom. The molecule has 29 heavy (non-hydrogen) atoms. The predicted octanol–water partition coefficient (Wildman–Crippen LogP) is 2.41. The molecule has 3 rings (SSSR count). The van der Waals surface area contributed by atoms with Gasteiger partial charge in [0.05, 0.1) is 23.6 Å². The summed E-state index contributed by atoms with van der Waals surface area (Å²) < 4.78 is 16.8. The smallest absolute Gasteiger partial charge is 0.254 e. The van der Waals surface area contributed by atoms with Crippen LogP contribution < -0.4 is 5.32 Å². The van der Waals surface area contributed by atoms with Crippen LogP contribution in [-0.4, -0.2) is 48.9 Å². The first-order valence-electron chi connectivity index (χ1n) is 9.28. The van der Waals surface area contributed by atoms with Crippen LogP contribution in [0.1, 0.15) is 48.4 Å². The second kappa shape index (κ2) is 8.44. The van der Waals surface area contributed by atoms with Gasteiger partial charge in [-0.25, -0.2) is 4.39 Å². The van der Waals surface area contributed by atoms with Crippen molar-refractivity contribution in [3.63, 3.8) is 0 Å². The molecule has 2 N–H and O–H groups in total. The van der Waals surface area contributed by atoms with Crippen LogP contribution >= 0.6 is 0 Å². The summed E-state index contributed by atoms with van der Waals surface area (Å²) in [5.74, 6) is -0.748. The van der Waals surface area contributed by atoms with Crippen molar-refractivity contribution in [2.24, 2.45) is 0 Å². The largest absolute Gasteiger partial charge is 0.394 e. The van der Waals surface area contributed by atoms with Gasteiger partial charge in [0, 0.05) is 23.7 Å². The monoisotopic (exact) mass is 398 g/mol. The summed E-state index contributed by atoms with van der Waals surface area (Å²) >= 11 is 0. The average Bonchev–Trinajstić information content (AvgIpc) is 3.19. The maximum atomic E-state index is 15.3. The van der Waals surface area contributed by atoms with Crippen LogP contribution in [0.2, 0.25) is 0 Å². The van der Waals surface area contributed by atoms with Gasteiger partial charge in [0.25, 0.3) is 5.91 Å². The number of amides is 1. The second-order valence-electron chi connectivity index (χ2n) is 7.24. The fourth-order valence-corrected chi connectivity index (χ4v) is 2.80. The first-order chi connectivity index (χ1) is 13.8. The molecule has 0 saturated heterocycles. The molecular weight excluding hydrogens is 375 g/mol. The molecule has 1 atom stereocenters. The van der Waals surface area contributed by atoms with Crippen molar-refractivity contribution in [3.8, 4) is 16.9 Å². The van der Waals surface area contributed by atoms with Gasteiger partial charge in [-0.1, -0.05) is 19.9 Å². The lowest BCUT2D eigenvalue weighted by atomic mass is 10.0. The number of hydrogen-bond acceptors (Lipinski definition) is 6. The van der Waals surface area contributed by atoms with Crippen LogP contribution in [0.15, 0.2) is 30.5 Å². The van der Waals surface area contributed by atoms with E-state index in [1.165, 1.54) is 10.7 Å². The SMILES string of the molecule is Cc1ccc(-c2cc(-n3nnnc3C(C)C)cc(C(=O)N[C@@H](C)CO)c2F)nc1. The number of hydrogen-bond donors (Lipinski definition) is 2. The summed E-state index contributed by atoms with van der Waals surface area (Å²) in [4.78, 5) is 17.0. The summed E-state index contributed by atoms with van der Waals surface area (Å²) in [5.41, 5.74) is 1.75. The number of nitrogens with zero attached hydrogens (tertiary/aromatic N) is 5. The van der Waals surface area contributed by atoms with E-state index >= 15 is 4.39 Å². The lowest BCUT2D eigenvalue weighted by Crippen LogP contribution is -2.35. The molecule has 0 fully saturated rings. The maximum Gasteiger partial charge on any atom is 0.254 e. The minimum atomic E-state index is -0.702. The average molecular weight is 398 g/mol. The molecule has 8 nitrogen and oxygen atoms in total. The van der Waals surface area contributed by atoms with Gasteiger partial charge < -0.3 is 10.4 Å². The molecule has 152 valence electrons. The third-order valence-corrected chi connectivity index (χ3v) is 4.40. The Labute approximate surface area is 167 Å². The van der Waals surface area contributed by atoms with Crippen LogP contribution in [0.3, 0.4) is 0 Å². The van der Waals surface area contributed by atoms with Gasteiger partial charge in [0.2, 0.25) is 0 Å². The molecule has 0 bridgehead atoms. The number of carbonyl (C=O) groups is 1. The van der Waals surface area contributed by atoms with Crippen molar-refractivity contribution < 1.29 is 14.3 Å². The molecule has 1 amide bonds. The number of halogens is 1. The Morgan fingerprint density at radius 1 is 1.28 bits per heavy atom. The van der Waals surface area contributed by atoms with Crippen molar-refractivity contribution in [2.75, 3.05) is 6.61 Å². The van der Waals surface area contributed by atoms with Crippen LogP contribution in [0.4, 0.5) is 4.39 Å². The fraction of sp³-hybridized carbons (Fsp3) is 0.350. The second-order valence-corrected chi connectivity index (χ2v) is 7.24. The van der Waals surface area contributed by atoms with Crippen LogP contribution in [0, 0.1) is 12.7 Å². The first-order valence-corrected chi connectivity index (χ1v) is 9.28. The van der Waals surface area contributed by atoms with Gasteiger partial charge >= 0.3 is 0 Å². The third kappa shape index (κ3) is 4.29. The number of aliphatic hydroxyl groups excluding tert-OH is 1. The Morgan fingerprint density at radius 2 is 2.03 bits per heavy atom. The molecule has 0 aliphatic rings. The fourth-order valence-electron chi connectivity index (χ4n) is 2.80. The summed E-state index contributed by atoms with van der Waals surface area (Å²) in [7, 11) is 0. The van der Waals surface area contributed by atoms with Crippen molar-refractivity contribution in [3.05, 3.63) is 53.2 Å². The molecule has 1 aromatic carbocycles. The highest BCUT2D eigenvalue weighted by Gasteiger charge is 2.22. The number of aromatic nitrogens is 5. The zero-order valence-corrected chi connectivity index (χ0v) is 16.7. The van der Waals surface area contributed by atoms with Crippen molar-refractivity contribution in [1.82, 2.24) is 30.5 Å².